The second kappa shape index (κ2) is 13.8. The minimum atomic E-state index is -0.967. The summed E-state index contributed by atoms with van der Waals surface area (Å²) in [6.07, 6.45) is 6.10. The van der Waals surface area contributed by atoms with Gasteiger partial charge in [-0.1, -0.05) is 66.9 Å². The number of carbonyl (C=O) groups excluding carboxylic acids is 2. The van der Waals surface area contributed by atoms with Crippen molar-refractivity contribution >= 4 is 34.9 Å². The molecule has 1 saturated carbocycles. The monoisotopic (exact) mass is 655 g/mol. The van der Waals surface area contributed by atoms with Crippen molar-refractivity contribution in [3.05, 3.63) is 125 Å². The van der Waals surface area contributed by atoms with Crippen LogP contribution < -0.4 is 16.0 Å². The van der Waals surface area contributed by atoms with Crippen LogP contribution in [0.1, 0.15) is 48.9 Å². The second-order valence-corrected chi connectivity index (χ2v) is 12.8. The molecule has 2 aliphatic rings. The number of benzene rings is 3. The summed E-state index contributed by atoms with van der Waals surface area (Å²) in [5.74, 6) is -0.427. The largest absolute Gasteiger partial charge is 0.372 e. The predicted molar refractivity (Wildman–Crippen MR) is 182 cm³/mol. The van der Waals surface area contributed by atoms with Crippen molar-refractivity contribution in [3.8, 4) is 0 Å². The minimum Gasteiger partial charge on any atom is -0.372 e. The van der Waals surface area contributed by atoms with Crippen molar-refractivity contribution in [2.24, 2.45) is 5.92 Å². The summed E-state index contributed by atoms with van der Waals surface area (Å²) in [5.41, 5.74) is 1.35. The summed E-state index contributed by atoms with van der Waals surface area (Å²) in [6, 6.07) is 25.3. The quantitative estimate of drug-likeness (QED) is 0.157. The summed E-state index contributed by atoms with van der Waals surface area (Å²) < 4.78 is 21.6. The van der Waals surface area contributed by atoms with E-state index < -0.39 is 34.9 Å². The van der Waals surface area contributed by atoms with E-state index in [9.17, 15) is 9.59 Å². The molecule has 0 spiro atoms. The Labute approximate surface area is 279 Å². The molecule has 0 bridgehead atoms. The Morgan fingerprint density at radius 1 is 1.02 bits per heavy atom. The maximum Gasteiger partial charge on any atom is 0.322 e. The van der Waals surface area contributed by atoms with E-state index in [2.05, 4.69) is 20.9 Å². The summed E-state index contributed by atoms with van der Waals surface area (Å²) in [4.78, 5) is 34.0. The fourth-order valence-electron chi connectivity index (χ4n) is 6.63. The van der Waals surface area contributed by atoms with Crippen LogP contribution in [-0.2, 0) is 20.7 Å². The van der Waals surface area contributed by atoms with Gasteiger partial charge in [-0.05, 0) is 85.5 Å². The van der Waals surface area contributed by atoms with Crippen LogP contribution in [0.3, 0.4) is 0 Å². The molecule has 1 aliphatic heterocycles. The molecule has 1 aliphatic carbocycles. The van der Waals surface area contributed by atoms with Crippen LogP contribution in [0.4, 0.5) is 20.6 Å². The molecule has 4 aromatic rings. The highest BCUT2D eigenvalue weighted by Crippen LogP contribution is 2.42. The zero-order chi connectivity index (χ0) is 33.0. The molecule has 1 aromatic heterocycles. The molecular formula is C37H39ClFN5O3. The third-order valence-electron chi connectivity index (χ3n) is 9.55. The van der Waals surface area contributed by atoms with Gasteiger partial charge in [-0.2, -0.15) is 0 Å². The molecular weight excluding hydrogens is 617 g/mol. The smallest absolute Gasteiger partial charge is 0.322 e. The Hall–Kier alpha value is -4.31. The SMILES string of the molecule is CNC(CCC1CC1)(c1ccc(F)c(NC(=O)[C@H]2C[C@](OC)(c3ccccc3)CN2C(=O)Nc2ccc(Cl)cc2)c1)c1ccccn1. The van der Waals surface area contributed by atoms with Gasteiger partial charge in [-0.25, -0.2) is 9.18 Å². The number of ether oxygens (including phenoxy) is 1. The molecule has 3 atom stereocenters. The molecule has 0 radical (unpaired) electrons. The van der Waals surface area contributed by atoms with Gasteiger partial charge in [0, 0.05) is 30.4 Å². The van der Waals surface area contributed by atoms with E-state index in [0.29, 0.717) is 16.6 Å². The number of urea groups is 1. The van der Waals surface area contributed by atoms with Gasteiger partial charge in [0.05, 0.1) is 23.5 Å². The number of hydrogen-bond acceptors (Lipinski definition) is 5. The topological polar surface area (TPSA) is 95.6 Å². The molecule has 3 N–H and O–H groups in total. The van der Waals surface area contributed by atoms with Crippen molar-refractivity contribution < 1.29 is 18.7 Å². The highest BCUT2D eigenvalue weighted by molar-refractivity contribution is 6.30. The number of amides is 3. The molecule has 47 heavy (non-hydrogen) atoms. The lowest BCUT2D eigenvalue weighted by Gasteiger charge is -2.34. The first-order valence-electron chi connectivity index (χ1n) is 15.9. The number of pyridine rings is 1. The standard InChI is InChI=1S/C37H39ClFN5O3/c1-40-37(20-19-25-11-12-25,33-10-6-7-21-41-33)27-13-18-30(39)31(22-27)43-34(45)32-23-36(47-2,26-8-4-3-5-9-26)24-44(32)35(46)42-29-16-14-28(38)15-17-29/h3-10,13-18,21-22,25,32,40H,11-12,19-20,23-24H2,1-2H3,(H,42,46)(H,43,45)/t32-,36-,37?/m1/s1. The average Bonchev–Trinajstić information content (AvgIpc) is 3.85. The third-order valence-corrected chi connectivity index (χ3v) is 9.80. The zero-order valence-electron chi connectivity index (χ0n) is 26.5. The van der Waals surface area contributed by atoms with Gasteiger partial charge in [0.1, 0.15) is 17.5 Å². The Morgan fingerprint density at radius 2 is 1.77 bits per heavy atom. The van der Waals surface area contributed by atoms with Gasteiger partial charge >= 0.3 is 6.03 Å². The van der Waals surface area contributed by atoms with Crippen LogP contribution in [-0.4, -0.2) is 48.6 Å². The van der Waals surface area contributed by atoms with Gasteiger partial charge in [0.25, 0.3) is 0 Å². The van der Waals surface area contributed by atoms with Crippen LogP contribution in [0.2, 0.25) is 5.02 Å². The molecule has 244 valence electrons. The average molecular weight is 656 g/mol. The molecule has 8 nitrogen and oxygen atoms in total. The molecule has 2 fully saturated rings. The van der Waals surface area contributed by atoms with Gasteiger partial charge in [0.15, 0.2) is 0 Å². The molecule has 6 rings (SSSR count). The second-order valence-electron chi connectivity index (χ2n) is 12.4. The Balaban J connectivity index is 1.32. The van der Waals surface area contributed by atoms with Crippen LogP contribution in [0.5, 0.6) is 0 Å². The maximum atomic E-state index is 15.5. The Bertz CT molecular complexity index is 1710. The van der Waals surface area contributed by atoms with E-state index in [0.717, 1.165) is 29.7 Å². The van der Waals surface area contributed by atoms with E-state index in [1.54, 1.807) is 49.7 Å². The lowest BCUT2D eigenvalue weighted by molar-refractivity contribution is -0.119. The summed E-state index contributed by atoms with van der Waals surface area (Å²) in [6.45, 7) is 0.108. The van der Waals surface area contributed by atoms with E-state index in [4.69, 9.17) is 16.3 Å². The van der Waals surface area contributed by atoms with Crippen molar-refractivity contribution in [1.82, 2.24) is 15.2 Å². The number of halogens is 2. The highest BCUT2D eigenvalue weighted by Gasteiger charge is 2.50. The number of hydrogen-bond donors (Lipinski definition) is 3. The minimum absolute atomic E-state index is 0.0298. The number of anilines is 2. The molecule has 3 aromatic carbocycles. The molecule has 10 heteroatoms. The van der Waals surface area contributed by atoms with Crippen LogP contribution in [0.25, 0.3) is 0 Å². The fraction of sp³-hybridized carbons (Fsp3) is 0.324. The number of methoxy groups -OCH3 is 1. The molecule has 1 saturated heterocycles. The first-order valence-corrected chi connectivity index (χ1v) is 16.3. The van der Waals surface area contributed by atoms with Crippen molar-refractivity contribution in [2.45, 2.75) is 49.3 Å². The Kier molecular flexibility index (Phi) is 9.59. The summed E-state index contributed by atoms with van der Waals surface area (Å²) in [5, 5.41) is 9.72. The summed E-state index contributed by atoms with van der Waals surface area (Å²) in [7, 11) is 3.45. The van der Waals surface area contributed by atoms with Crippen LogP contribution >= 0.6 is 11.6 Å². The Morgan fingerprint density at radius 3 is 2.43 bits per heavy atom. The highest BCUT2D eigenvalue weighted by atomic mass is 35.5. The predicted octanol–water partition coefficient (Wildman–Crippen LogP) is 7.31. The maximum absolute atomic E-state index is 15.5. The number of nitrogens with zero attached hydrogens (tertiary/aromatic N) is 2. The molecule has 2 heterocycles. The first kappa shape index (κ1) is 32.6. The van der Waals surface area contributed by atoms with Crippen LogP contribution in [0.15, 0.2) is 97.2 Å². The van der Waals surface area contributed by atoms with Crippen molar-refractivity contribution in [1.29, 1.82) is 0 Å². The van der Waals surface area contributed by atoms with Gasteiger partial charge in [-0.3, -0.25) is 9.78 Å². The van der Waals surface area contributed by atoms with Gasteiger partial charge < -0.3 is 25.6 Å². The number of likely N-dealkylation sites (tertiary alicyclic amines) is 1. The number of carbonyl (C=O) groups is 2. The number of rotatable bonds is 11. The molecule has 1 unspecified atom stereocenters. The lowest BCUT2D eigenvalue weighted by Crippen LogP contribution is -2.45. The zero-order valence-corrected chi connectivity index (χ0v) is 27.3. The van der Waals surface area contributed by atoms with E-state index in [1.807, 2.05) is 55.6 Å². The van der Waals surface area contributed by atoms with Gasteiger partial charge in [0.2, 0.25) is 5.91 Å². The summed E-state index contributed by atoms with van der Waals surface area (Å²) >= 11 is 6.04. The van der Waals surface area contributed by atoms with E-state index in [1.165, 1.54) is 23.8 Å². The van der Waals surface area contributed by atoms with Crippen LogP contribution in [0, 0.1) is 11.7 Å². The number of aromatic nitrogens is 1. The third kappa shape index (κ3) is 6.88. The first-order chi connectivity index (χ1) is 22.8. The lowest BCUT2D eigenvalue weighted by atomic mass is 9.81. The normalized spacial score (nSPS) is 20.4. The molecule has 3 amide bonds. The fourth-order valence-corrected chi connectivity index (χ4v) is 6.75. The van der Waals surface area contributed by atoms with Crippen molar-refractivity contribution in [3.63, 3.8) is 0 Å². The van der Waals surface area contributed by atoms with Crippen molar-refractivity contribution in [2.75, 3.05) is 31.3 Å². The van der Waals surface area contributed by atoms with Gasteiger partial charge in [-0.15, -0.1) is 0 Å². The number of nitrogens with one attached hydrogen (secondary N) is 3. The van der Waals surface area contributed by atoms with E-state index in [-0.39, 0.29) is 18.7 Å². The van der Waals surface area contributed by atoms with E-state index >= 15 is 4.39 Å².